The van der Waals surface area contributed by atoms with Gasteiger partial charge in [-0.3, -0.25) is 0 Å². The van der Waals surface area contributed by atoms with E-state index in [0.717, 1.165) is 17.3 Å². The van der Waals surface area contributed by atoms with Crippen LogP contribution in [0.3, 0.4) is 0 Å². The third-order valence-electron chi connectivity index (χ3n) is 2.57. The van der Waals surface area contributed by atoms with Gasteiger partial charge in [0.05, 0.1) is 7.11 Å². The number of carbonyl (C=O) groups excluding carboxylic acids is 1. The predicted octanol–water partition coefficient (Wildman–Crippen LogP) is 2.51. The van der Waals surface area contributed by atoms with Crippen LogP contribution < -0.4 is 4.90 Å². The fourth-order valence-electron chi connectivity index (χ4n) is 1.48. The number of thioether (sulfide) groups is 1. The first kappa shape index (κ1) is 14.3. The first-order valence-electron chi connectivity index (χ1n) is 5.39. The van der Waals surface area contributed by atoms with Gasteiger partial charge in [-0.1, -0.05) is 6.92 Å². The number of rotatable bonds is 6. The highest BCUT2D eigenvalue weighted by Gasteiger charge is 2.18. The Morgan fingerprint density at radius 1 is 1.71 bits per heavy atom. The SMILES string of the molecule is CCC(CSC)N(C)c1nc(C(=O)OC)cs1. The molecule has 0 aromatic carbocycles. The van der Waals surface area contributed by atoms with E-state index in [1.807, 2.05) is 18.8 Å². The van der Waals surface area contributed by atoms with Gasteiger partial charge in [0.2, 0.25) is 0 Å². The molecule has 0 aliphatic heterocycles. The Kier molecular flexibility index (Phi) is 5.77. The number of thiazole rings is 1. The molecule has 0 bridgehead atoms. The second-order valence-corrected chi connectivity index (χ2v) is 5.38. The molecule has 0 aliphatic rings. The summed E-state index contributed by atoms with van der Waals surface area (Å²) in [5.41, 5.74) is 0.387. The van der Waals surface area contributed by atoms with Crippen molar-refractivity contribution in [3.63, 3.8) is 0 Å². The average molecular weight is 274 g/mol. The highest BCUT2D eigenvalue weighted by atomic mass is 32.2. The largest absolute Gasteiger partial charge is 0.464 e. The molecule has 1 rings (SSSR count). The smallest absolute Gasteiger partial charge is 0.357 e. The quantitative estimate of drug-likeness (QED) is 0.746. The minimum absolute atomic E-state index is 0.376. The van der Waals surface area contributed by atoms with E-state index in [0.29, 0.717) is 11.7 Å². The molecule has 17 heavy (non-hydrogen) atoms. The molecule has 0 saturated heterocycles. The van der Waals surface area contributed by atoms with Crippen LogP contribution in [0.2, 0.25) is 0 Å². The van der Waals surface area contributed by atoms with Crippen LogP contribution in [0.5, 0.6) is 0 Å². The van der Waals surface area contributed by atoms with Crippen LogP contribution >= 0.6 is 23.1 Å². The summed E-state index contributed by atoms with van der Waals surface area (Å²) >= 11 is 3.29. The van der Waals surface area contributed by atoms with Crippen LogP contribution in [-0.2, 0) is 4.74 Å². The molecule has 0 amide bonds. The van der Waals surface area contributed by atoms with Crippen molar-refractivity contribution in [2.24, 2.45) is 0 Å². The third-order valence-corrected chi connectivity index (χ3v) is 4.22. The first-order chi connectivity index (χ1) is 8.13. The van der Waals surface area contributed by atoms with Gasteiger partial charge in [-0.05, 0) is 12.7 Å². The summed E-state index contributed by atoms with van der Waals surface area (Å²) in [6.45, 7) is 2.16. The lowest BCUT2D eigenvalue weighted by atomic mass is 10.2. The van der Waals surface area contributed by atoms with Gasteiger partial charge < -0.3 is 9.64 Å². The Morgan fingerprint density at radius 2 is 2.41 bits per heavy atom. The lowest BCUT2D eigenvalue weighted by molar-refractivity contribution is 0.0595. The average Bonchev–Trinajstić information content (AvgIpc) is 2.83. The number of anilines is 1. The lowest BCUT2D eigenvalue weighted by Gasteiger charge is -2.25. The van der Waals surface area contributed by atoms with E-state index in [1.54, 1.807) is 5.38 Å². The minimum Gasteiger partial charge on any atom is -0.464 e. The summed E-state index contributed by atoms with van der Waals surface area (Å²) < 4.78 is 4.65. The Hall–Kier alpha value is -0.750. The van der Waals surface area contributed by atoms with E-state index >= 15 is 0 Å². The molecule has 0 aliphatic carbocycles. The molecular weight excluding hydrogens is 256 g/mol. The summed E-state index contributed by atoms with van der Waals surface area (Å²) in [5, 5.41) is 2.61. The fraction of sp³-hybridized carbons (Fsp3) is 0.636. The number of carbonyl (C=O) groups is 1. The molecule has 0 N–H and O–H groups in total. The number of nitrogens with zero attached hydrogens (tertiary/aromatic N) is 2. The van der Waals surface area contributed by atoms with Crippen molar-refractivity contribution < 1.29 is 9.53 Å². The molecule has 4 nitrogen and oxygen atoms in total. The lowest BCUT2D eigenvalue weighted by Crippen LogP contribution is -2.33. The molecule has 0 radical (unpaired) electrons. The summed E-state index contributed by atoms with van der Waals surface area (Å²) in [7, 11) is 3.39. The normalized spacial score (nSPS) is 12.2. The Balaban J connectivity index is 2.77. The zero-order chi connectivity index (χ0) is 12.8. The number of ether oxygens (including phenoxy) is 1. The van der Waals surface area contributed by atoms with Crippen molar-refractivity contribution in [3.8, 4) is 0 Å². The number of hydrogen-bond acceptors (Lipinski definition) is 6. The van der Waals surface area contributed by atoms with Crippen molar-refractivity contribution in [1.29, 1.82) is 0 Å². The van der Waals surface area contributed by atoms with Gasteiger partial charge in [0.25, 0.3) is 0 Å². The van der Waals surface area contributed by atoms with Gasteiger partial charge in [-0.25, -0.2) is 9.78 Å². The van der Waals surface area contributed by atoms with Gasteiger partial charge >= 0.3 is 5.97 Å². The molecule has 96 valence electrons. The van der Waals surface area contributed by atoms with E-state index in [1.165, 1.54) is 18.4 Å². The summed E-state index contributed by atoms with van der Waals surface area (Å²) in [4.78, 5) is 17.7. The maximum absolute atomic E-state index is 11.3. The van der Waals surface area contributed by atoms with Gasteiger partial charge in [-0.2, -0.15) is 11.8 Å². The maximum Gasteiger partial charge on any atom is 0.357 e. The highest BCUT2D eigenvalue weighted by molar-refractivity contribution is 7.98. The highest BCUT2D eigenvalue weighted by Crippen LogP contribution is 2.23. The number of esters is 1. The summed E-state index contributed by atoms with van der Waals surface area (Å²) in [5.74, 6) is 0.680. The number of aromatic nitrogens is 1. The minimum atomic E-state index is -0.376. The molecule has 1 aromatic heterocycles. The fourth-order valence-corrected chi connectivity index (χ4v) is 3.15. The second-order valence-electron chi connectivity index (χ2n) is 3.64. The van der Waals surface area contributed by atoms with Gasteiger partial charge in [-0.15, -0.1) is 11.3 Å². The number of hydrogen-bond donors (Lipinski definition) is 0. The molecule has 0 spiro atoms. The van der Waals surface area contributed by atoms with Crippen LogP contribution in [0.25, 0.3) is 0 Å². The van der Waals surface area contributed by atoms with Crippen molar-refractivity contribution in [3.05, 3.63) is 11.1 Å². The second kappa shape index (κ2) is 6.86. The van der Waals surface area contributed by atoms with Crippen molar-refractivity contribution >= 4 is 34.2 Å². The van der Waals surface area contributed by atoms with Crippen molar-refractivity contribution in [2.75, 3.05) is 31.1 Å². The first-order valence-corrected chi connectivity index (χ1v) is 7.67. The van der Waals surface area contributed by atoms with E-state index in [9.17, 15) is 4.79 Å². The Morgan fingerprint density at radius 3 is 2.94 bits per heavy atom. The molecule has 1 aromatic rings. The monoisotopic (exact) mass is 274 g/mol. The van der Waals surface area contributed by atoms with Crippen LogP contribution in [-0.4, -0.2) is 43.2 Å². The maximum atomic E-state index is 11.3. The third kappa shape index (κ3) is 3.61. The molecule has 1 unspecified atom stereocenters. The van der Waals surface area contributed by atoms with Crippen LogP contribution in [0.4, 0.5) is 5.13 Å². The Labute approximate surface area is 110 Å². The molecule has 0 saturated carbocycles. The Bertz CT molecular complexity index is 368. The van der Waals surface area contributed by atoms with Gasteiger partial charge in [0.1, 0.15) is 0 Å². The van der Waals surface area contributed by atoms with Crippen molar-refractivity contribution in [1.82, 2.24) is 4.98 Å². The van der Waals surface area contributed by atoms with E-state index in [2.05, 4.69) is 27.8 Å². The predicted molar refractivity (Wildman–Crippen MR) is 74.3 cm³/mol. The van der Waals surface area contributed by atoms with Crippen LogP contribution in [0.1, 0.15) is 23.8 Å². The number of methoxy groups -OCH3 is 1. The molecule has 0 fully saturated rings. The van der Waals surface area contributed by atoms with Crippen molar-refractivity contribution in [2.45, 2.75) is 19.4 Å². The standard InChI is InChI=1S/C11H18N2O2S2/c1-5-8(6-16-4)13(2)11-12-9(7-17-11)10(14)15-3/h7-8H,5-6H2,1-4H3. The van der Waals surface area contributed by atoms with Crippen LogP contribution in [0, 0.1) is 0 Å². The zero-order valence-corrected chi connectivity index (χ0v) is 12.2. The topological polar surface area (TPSA) is 42.4 Å². The van der Waals surface area contributed by atoms with E-state index < -0.39 is 0 Å². The van der Waals surface area contributed by atoms with E-state index in [-0.39, 0.29) is 5.97 Å². The summed E-state index contributed by atoms with van der Waals surface area (Å²) in [6, 6.07) is 0.446. The molecule has 1 atom stereocenters. The molecule has 1 heterocycles. The zero-order valence-electron chi connectivity index (χ0n) is 10.6. The van der Waals surface area contributed by atoms with Gasteiger partial charge in [0, 0.05) is 24.2 Å². The summed E-state index contributed by atoms with van der Waals surface area (Å²) in [6.07, 6.45) is 3.16. The van der Waals surface area contributed by atoms with E-state index in [4.69, 9.17) is 0 Å². The molecular formula is C11H18N2O2S2. The molecule has 6 heteroatoms. The van der Waals surface area contributed by atoms with Crippen LogP contribution in [0.15, 0.2) is 5.38 Å². The van der Waals surface area contributed by atoms with Gasteiger partial charge in [0.15, 0.2) is 10.8 Å².